The zero-order valence-electron chi connectivity index (χ0n) is 14.9. The zero-order valence-corrected chi connectivity index (χ0v) is 18.1. The van der Waals surface area contributed by atoms with Crippen LogP contribution in [-0.4, -0.2) is 21.8 Å². The first-order chi connectivity index (χ1) is 14.0. The maximum Gasteiger partial charge on any atom is 0.300 e. The predicted octanol–water partition coefficient (Wildman–Crippen LogP) is 5.23. The van der Waals surface area contributed by atoms with E-state index in [0.717, 1.165) is 8.95 Å². The van der Waals surface area contributed by atoms with Gasteiger partial charge in [-0.1, -0.05) is 50.1 Å². The van der Waals surface area contributed by atoms with Gasteiger partial charge in [0.25, 0.3) is 11.7 Å². The predicted molar refractivity (Wildman–Crippen MR) is 117 cm³/mol. The summed E-state index contributed by atoms with van der Waals surface area (Å²) in [4.78, 5) is 31.4. The Labute approximate surface area is 184 Å². The number of hydrogen-bond acceptors (Lipinski definition) is 4. The Morgan fingerprint density at radius 1 is 0.931 bits per heavy atom. The summed E-state index contributed by atoms with van der Waals surface area (Å²) in [7, 11) is 0. The van der Waals surface area contributed by atoms with E-state index in [9.17, 15) is 14.7 Å². The zero-order chi connectivity index (χ0) is 20.5. The van der Waals surface area contributed by atoms with E-state index in [1.807, 2.05) is 6.07 Å². The van der Waals surface area contributed by atoms with Gasteiger partial charge in [-0.3, -0.25) is 19.5 Å². The molecule has 4 rings (SSSR count). The number of aliphatic hydroxyl groups excluding tert-OH is 1. The highest BCUT2D eigenvalue weighted by molar-refractivity contribution is 9.10. The molecule has 1 fully saturated rings. The van der Waals surface area contributed by atoms with Gasteiger partial charge < -0.3 is 5.11 Å². The van der Waals surface area contributed by atoms with E-state index in [2.05, 4.69) is 36.8 Å². The first-order valence-electron chi connectivity index (χ1n) is 8.70. The van der Waals surface area contributed by atoms with Crippen molar-refractivity contribution in [2.75, 3.05) is 4.90 Å². The molecule has 1 atom stereocenters. The fourth-order valence-corrected chi connectivity index (χ4v) is 4.00. The number of benzene rings is 2. The van der Waals surface area contributed by atoms with Crippen LogP contribution >= 0.6 is 31.9 Å². The Kier molecular flexibility index (Phi) is 5.34. The molecule has 1 aromatic heterocycles. The molecule has 0 bridgehead atoms. The number of Topliss-reactive ketones (excluding diaryl/α,β-unsaturated/α-hetero) is 1. The summed E-state index contributed by atoms with van der Waals surface area (Å²) in [6, 6.07) is 16.7. The quantitative estimate of drug-likeness (QED) is 0.295. The number of aliphatic hydroxyl groups is 1. The molecule has 5 nitrogen and oxygen atoms in total. The largest absolute Gasteiger partial charge is 0.507 e. The number of aromatic nitrogens is 1. The second-order valence-corrected chi connectivity index (χ2v) is 8.27. The van der Waals surface area contributed by atoms with Gasteiger partial charge in [0.05, 0.1) is 11.6 Å². The summed E-state index contributed by atoms with van der Waals surface area (Å²) < 4.78 is 1.62. The van der Waals surface area contributed by atoms with E-state index in [4.69, 9.17) is 0 Å². The van der Waals surface area contributed by atoms with Crippen LogP contribution in [0.3, 0.4) is 0 Å². The molecule has 1 saturated heterocycles. The molecule has 7 heteroatoms. The lowest BCUT2D eigenvalue weighted by molar-refractivity contribution is -0.132. The first-order valence-corrected chi connectivity index (χ1v) is 10.3. The van der Waals surface area contributed by atoms with Gasteiger partial charge in [0.2, 0.25) is 0 Å². The lowest BCUT2D eigenvalue weighted by atomic mass is 9.96. The average Bonchev–Trinajstić information content (AvgIpc) is 2.99. The molecule has 0 radical (unpaired) electrons. The molecule has 3 aromatic rings. The fraction of sp³-hybridized carbons (Fsp3) is 0.0455. The van der Waals surface area contributed by atoms with Crippen LogP contribution in [0.25, 0.3) is 5.76 Å². The van der Waals surface area contributed by atoms with Gasteiger partial charge in [-0.2, -0.15) is 0 Å². The van der Waals surface area contributed by atoms with Gasteiger partial charge in [0.1, 0.15) is 5.76 Å². The van der Waals surface area contributed by atoms with Crippen LogP contribution in [0.4, 0.5) is 5.69 Å². The summed E-state index contributed by atoms with van der Waals surface area (Å²) in [6.45, 7) is 0. The standard InChI is InChI=1S/C22H14Br2N2O3/c23-15-6-4-14(5-7-15)20(27)18-19(13-8-10-25-11-9-13)26(22(29)21(18)28)17-3-1-2-16(24)12-17/h1-12,19,27H/b20-18+. The van der Waals surface area contributed by atoms with E-state index in [-0.39, 0.29) is 11.3 Å². The molecule has 144 valence electrons. The fourth-order valence-electron chi connectivity index (χ4n) is 3.35. The minimum absolute atomic E-state index is 0.0449. The van der Waals surface area contributed by atoms with Crippen molar-refractivity contribution < 1.29 is 14.7 Å². The minimum Gasteiger partial charge on any atom is -0.507 e. The van der Waals surface area contributed by atoms with Crippen molar-refractivity contribution >= 4 is 55.0 Å². The number of carbonyl (C=O) groups is 2. The molecular formula is C22H14Br2N2O3. The molecule has 0 aliphatic carbocycles. The summed E-state index contributed by atoms with van der Waals surface area (Å²) in [5.41, 5.74) is 1.74. The van der Waals surface area contributed by atoms with Crippen molar-refractivity contribution in [3.8, 4) is 0 Å². The topological polar surface area (TPSA) is 70.5 Å². The van der Waals surface area contributed by atoms with Gasteiger partial charge in [-0.05, 0) is 48.0 Å². The van der Waals surface area contributed by atoms with E-state index in [1.54, 1.807) is 67.0 Å². The Morgan fingerprint density at radius 3 is 2.28 bits per heavy atom. The van der Waals surface area contributed by atoms with Crippen LogP contribution in [0.5, 0.6) is 0 Å². The van der Waals surface area contributed by atoms with Crippen molar-refractivity contribution in [1.29, 1.82) is 0 Å². The van der Waals surface area contributed by atoms with E-state index in [0.29, 0.717) is 16.8 Å². The maximum atomic E-state index is 13.0. The third-order valence-corrected chi connectivity index (χ3v) is 5.69. The van der Waals surface area contributed by atoms with Crippen LogP contribution in [-0.2, 0) is 9.59 Å². The highest BCUT2D eigenvalue weighted by Crippen LogP contribution is 2.42. The van der Waals surface area contributed by atoms with E-state index in [1.165, 1.54) is 4.90 Å². The Hall–Kier alpha value is -2.77. The summed E-state index contributed by atoms with van der Waals surface area (Å²) in [5.74, 6) is -1.63. The lowest BCUT2D eigenvalue weighted by Gasteiger charge is -2.25. The molecule has 0 saturated carbocycles. The Balaban J connectivity index is 1.94. The van der Waals surface area contributed by atoms with Gasteiger partial charge >= 0.3 is 0 Å². The number of nitrogens with zero attached hydrogens (tertiary/aromatic N) is 2. The number of amides is 1. The molecule has 2 heterocycles. The molecule has 1 unspecified atom stereocenters. The molecule has 2 aromatic carbocycles. The number of carbonyl (C=O) groups excluding carboxylic acids is 2. The van der Waals surface area contributed by atoms with Crippen molar-refractivity contribution in [3.05, 3.63) is 98.7 Å². The van der Waals surface area contributed by atoms with Crippen LogP contribution < -0.4 is 4.90 Å². The lowest BCUT2D eigenvalue weighted by Crippen LogP contribution is -2.29. The van der Waals surface area contributed by atoms with Crippen LogP contribution in [0, 0.1) is 0 Å². The molecule has 29 heavy (non-hydrogen) atoms. The summed E-state index contributed by atoms with van der Waals surface area (Å²) >= 11 is 6.77. The van der Waals surface area contributed by atoms with Crippen molar-refractivity contribution in [2.24, 2.45) is 0 Å². The van der Waals surface area contributed by atoms with Gasteiger partial charge in [-0.25, -0.2) is 0 Å². The second kappa shape index (κ2) is 7.93. The number of anilines is 1. The van der Waals surface area contributed by atoms with Crippen molar-refractivity contribution in [1.82, 2.24) is 4.98 Å². The van der Waals surface area contributed by atoms with Crippen LogP contribution in [0.15, 0.2) is 87.6 Å². The monoisotopic (exact) mass is 512 g/mol. The number of rotatable bonds is 3. The normalized spacial score (nSPS) is 18.3. The second-order valence-electron chi connectivity index (χ2n) is 6.44. The number of halogens is 2. The average molecular weight is 514 g/mol. The third kappa shape index (κ3) is 3.63. The molecule has 0 spiro atoms. The van der Waals surface area contributed by atoms with Crippen molar-refractivity contribution in [2.45, 2.75) is 6.04 Å². The molecule has 1 aliphatic rings. The maximum absolute atomic E-state index is 13.0. The number of pyridine rings is 1. The van der Waals surface area contributed by atoms with E-state index < -0.39 is 17.7 Å². The molecular weight excluding hydrogens is 500 g/mol. The molecule has 1 aliphatic heterocycles. The Morgan fingerprint density at radius 2 is 1.62 bits per heavy atom. The van der Waals surface area contributed by atoms with Crippen LogP contribution in [0.1, 0.15) is 17.2 Å². The summed E-state index contributed by atoms with van der Waals surface area (Å²) in [5, 5.41) is 11.0. The van der Waals surface area contributed by atoms with Crippen molar-refractivity contribution in [3.63, 3.8) is 0 Å². The highest BCUT2D eigenvalue weighted by Gasteiger charge is 2.46. The third-order valence-electron chi connectivity index (χ3n) is 4.67. The first kappa shape index (κ1) is 19.5. The Bertz CT molecular complexity index is 1130. The highest BCUT2D eigenvalue weighted by atomic mass is 79.9. The molecule has 1 amide bonds. The minimum atomic E-state index is -0.768. The summed E-state index contributed by atoms with van der Waals surface area (Å²) in [6.07, 6.45) is 3.19. The van der Waals surface area contributed by atoms with Crippen LogP contribution in [0.2, 0.25) is 0 Å². The van der Waals surface area contributed by atoms with Gasteiger partial charge in [0.15, 0.2) is 0 Å². The number of ketones is 1. The molecule has 1 N–H and O–H groups in total. The number of hydrogen-bond donors (Lipinski definition) is 1. The smallest absolute Gasteiger partial charge is 0.300 e. The SMILES string of the molecule is O=C1C(=O)N(c2cccc(Br)c2)C(c2ccncc2)/C1=C(\O)c1ccc(Br)cc1. The van der Waals surface area contributed by atoms with Gasteiger partial charge in [-0.15, -0.1) is 0 Å². The van der Waals surface area contributed by atoms with E-state index >= 15 is 0 Å². The van der Waals surface area contributed by atoms with Gasteiger partial charge in [0, 0.05) is 32.6 Å².